The van der Waals surface area contributed by atoms with Gasteiger partial charge in [0.25, 0.3) is 0 Å². The first-order valence-electron chi connectivity index (χ1n) is 9.26. The zero-order valence-electron chi connectivity index (χ0n) is 16.3. The Morgan fingerprint density at radius 2 is 1.82 bits per heavy atom. The van der Waals surface area contributed by atoms with Gasteiger partial charge in [-0.3, -0.25) is 4.79 Å². The van der Waals surface area contributed by atoms with E-state index in [1.54, 1.807) is 0 Å². The van der Waals surface area contributed by atoms with Crippen molar-refractivity contribution < 1.29 is 9.32 Å². The Labute approximate surface area is 170 Å². The minimum Gasteiger partial charge on any atom is -0.345 e. The average molecular weight is 398 g/mol. The van der Waals surface area contributed by atoms with Crippen LogP contribution in [0.3, 0.4) is 0 Å². The number of aryl methyl sites for hydroxylation is 1. The van der Waals surface area contributed by atoms with Gasteiger partial charge in [0.2, 0.25) is 11.8 Å². The van der Waals surface area contributed by atoms with Gasteiger partial charge >= 0.3 is 0 Å². The van der Waals surface area contributed by atoms with Gasteiger partial charge in [-0.15, -0.1) is 0 Å². The fraction of sp³-hybridized carbons (Fsp3) is 0.318. The van der Waals surface area contributed by atoms with Crippen molar-refractivity contribution in [2.45, 2.75) is 45.1 Å². The molecule has 1 unspecified atom stereocenters. The van der Waals surface area contributed by atoms with E-state index in [0.29, 0.717) is 23.2 Å². The minimum absolute atomic E-state index is 0.0932. The molecular formula is C22H24ClN3O2. The maximum atomic E-state index is 12.6. The van der Waals surface area contributed by atoms with Crippen LogP contribution in [0.2, 0.25) is 5.02 Å². The van der Waals surface area contributed by atoms with Crippen LogP contribution in [0.1, 0.15) is 56.1 Å². The molecule has 0 saturated heterocycles. The lowest BCUT2D eigenvalue weighted by Gasteiger charge is -2.20. The van der Waals surface area contributed by atoms with Crippen LogP contribution < -0.4 is 5.32 Å². The molecule has 28 heavy (non-hydrogen) atoms. The zero-order valence-corrected chi connectivity index (χ0v) is 17.0. The standard InChI is InChI=1S/C22H24ClN3O2/c1-22(2,3)21-25-19(28-26-21)13-12-18(27)24-20(15-8-5-4-6-9-15)16-10-7-11-17(23)14-16/h4-11,14,20H,12-13H2,1-3H3,(H,24,27). The molecule has 0 aliphatic rings. The highest BCUT2D eigenvalue weighted by Crippen LogP contribution is 2.25. The molecule has 2 aromatic carbocycles. The van der Waals surface area contributed by atoms with Crippen LogP contribution in [0.5, 0.6) is 0 Å². The molecule has 0 saturated carbocycles. The molecule has 1 atom stereocenters. The lowest BCUT2D eigenvalue weighted by molar-refractivity contribution is -0.121. The van der Waals surface area contributed by atoms with Gasteiger partial charge in [-0.2, -0.15) is 4.98 Å². The molecule has 3 rings (SSSR count). The average Bonchev–Trinajstić information content (AvgIpc) is 3.15. The van der Waals surface area contributed by atoms with Gasteiger partial charge in [0.15, 0.2) is 5.82 Å². The van der Waals surface area contributed by atoms with Crippen LogP contribution in [0.15, 0.2) is 59.1 Å². The summed E-state index contributed by atoms with van der Waals surface area (Å²) in [5.41, 5.74) is 1.74. The number of aromatic nitrogens is 2. The lowest BCUT2D eigenvalue weighted by Crippen LogP contribution is -2.29. The highest BCUT2D eigenvalue weighted by molar-refractivity contribution is 6.30. The third-order valence-electron chi connectivity index (χ3n) is 4.33. The molecule has 1 amide bonds. The van der Waals surface area contributed by atoms with E-state index in [9.17, 15) is 4.79 Å². The molecule has 6 heteroatoms. The molecule has 5 nitrogen and oxygen atoms in total. The van der Waals surface area contributed by atoms with Crippen molar-refractivity contribution in [2.75, 3.05) is 0 Å². The number of halogens is 1. The third kappa shape index (κ3) is 5.20. The molecular weight excluding hydrogens is 374 g/mol. The van der Waals surface area contributed by atoms with Gasteiger partial charge in [0, 0.05) is 23.3 Å². The smallest absolute Gasteiger partial charge is 0.227 e. The van der Waals surface area contributed by atoms with Gasteiger partial charge in [0.1, 0.15) is 0 Å². The SMILES string of the molecule is CC(C)(C)c1noc(CCC(=O)NC(c2ccccc2)c2cccc(Cl)c2)n1. The Bertz CT molecular complexity index is 932. The Balaban J connectivity index is 1.70. The first-order chi connectivity index (χ1) is 13.3. The van der Waals surface area contributed by atoms with Crippen molar-refractivity contribution in [1.29, 1.82) is 0 Å². The molecule has 1 N–H and O–H groups in total. The van der Waals surface area contributed by atoms with E-state index < -0.39 is 0 Å². The molecule has 1 aromatic heterocycles. The number of hydrogen-bond donors (Lipinski definition) is 1. The van der Waals surface area contributed by atoms with Crippen molar-refractivity contribution in [2.24, 2.45) is 0 Å². The summed E-state index contributed by atoms with van der Waals surface area (Å²) < 4.78 is 5.27. The summed E-state index contributed by atoms with van der Waals surface area (Å²) in [6.07, 6.45) is 0.654. The number of benzene rings is 2. The van der Waals surface area contributed by atoms with E-state index in [2.05, 4.69) is 15.5 Å². The number of carbonyl (C=O) groups is 1. The van der Waals surface area contributed by atoms with Crippen LogP contribution in [0.25, 0.3) is 0 Å². The van der Waals surface area contributed by atoms with Crippen LogP contribution in [-0.4, -0.2) is 16.0 Å². The second-order valence-electron chi connectivity index (χ2n) is 7.73. The molecule has 0 aliphatic carbocycles. The van der Waals surface area contributed by atoms with Gasteiger partial charge < -0.3 is 9.84 Å². The van der Waals surface area contributed by atoms with Crippen LogP contribution >= 0.6 is 11.6 Å². The number of nitrogens with one attached hydrogen (secondary N) is 1. The zero-order chi connectivity index (χ0) is 20.1. The first-order valence-corrected chi connectivity index (χ1v) is 9.63. The molecule has 0 aliphatic heterocycles. The molecule has 0 radical (unpaired) electrons. The van der Waals surface area contributed by atoms with E-state index in [1.807, 2.05) is 75.4 Å². The van der Waals surface area contributed by atoms with Crippen molar-refractivity contribution in [3.8, 4) is 0 Å². The predicted molar refractivity (Wildman–Crippen MR) is 109 cm³/mol. The number of nitrogens with zero attached hydrogens (tertiary/aromatic N) is 2. The molecule has 0 fully saturated rings. The molecule has 0 spiro atoms. The van der Waals surface area contributed by atoms with Gasteiger partial charge in [-0.05, 0) is 23.3 Å². The number of amides is 1. The van der Waals surface area contributed by atoms with Crippen LogP contribution in [0, 0.1) is 0 Å². The summed E-state index contributed by atoms with van der Waals surface area (Å²) in [6.45, 7) is 6.05. The molecule has 1 heterocycles. The summed E-state index contributed by atoms with van der Waals surface area (Å²) >= 11 is 6.15. The van der Waals surface area contributed by atoms with Crippen LogP contribution in [-0.2, 0) is 16.6 Å². The van der Waals surface area contributed by atoms with Crippen LogP contribution in [0.4, 0.5) is 0 Å². The van der Waals surface area contributed by atoms with E-state index >= 15 is 0 Å². The third-order valence-corrected chi connectivity index (χ3v) is 4.56. The van der Waals surface area contributed by atoms with Gasteiger partial charge in [0.05, 0.1) is 6.04 Å². The Morgan fingerprint density at radius 3 is 2.46 bits per heavy atom. The Kier molecular flexibility index (Phi) is 6.15. The fourth-order valence-electron chi connectivity index (χ4n) is 2.81. The lowest BCUT2D eigenvalue weighted by atomic mass is 9.96. The Morgan fingerprint density at radius 1 is 1.11 bits per heavy atom. The number of hydrogen-bond acceptors (Lipinski definition) is 4. The fourth-order valence-corrected chi connectivity index (χ4v) is 3.00. The second kappa shape index (κ2) is 8.57. The number of carbonyl (C=O) groups excluding carboxylic acids is 1. The van der Waals surface area contributed by atoms with E-state index in [4.69, 9.17) is 16.1 Å². The first kappa shape index (κ1) is 20.1. The normalized spacial score (nSPS) is 12.6. The van der Waals surface area contributed by atoms with Gasteiger partial charge in [-0.25, -0.2) is 0 Å². The quantitative estimate of drug-likeness (QED) is 0.645. The van der Waals surface area contributed by atoms with E-state index in [1.165, 1.54) is 0 Å². The van der Waals surface area contributed by atoms with Gasteiger partial charge in [-0.1, -0.05) is 80.0 Å². The Hall–Kier alpha value is -2.66. The van der Waals surface area contributed by atoms with Crippen molar-refractivity contribution in [3.05, 3.63) is 82.5 Å². The van der Waals surface area contributed by atoms with E-state index in [0.717, 1.165) is 11.1 Å². The molecule has 0 bridgehead atoms. The summed E-state index contributed by atoms with van der Waals surface area (Å²) in [5.74, 6) is 1.02. The topological polar surface area (TPSA) is 68.0 Å². The largest absolute Gasteiger partial charge is 0.345 e. The maximum absolute atomic E-state index is 12.6. The van der Waals surface area contributed by atoms with E-state index in [-0.39, 0.29) is 23.8 Å². The second-order valence-corrected chi connectivity index (χ2v) is 8.16. The minimum atomic E-state index is -0.278. The predicted octanol–water partition coefficient (Wildman–Crippen LogP) is 4.86. The summed E-state index contributed by atoms with van der Waals surface area (Å²) in [5, 5.41) is 7.73. The van der Waals surface area contributed by atoms with Crippen molar-refractivity contribution in [3.63, 3.8) is 0 Å². The molecule has 3 aromatic rings. The monoisotopic (exact) mass is 397 g/mol. The maximum Gasteiger partial charge on any atom is 0.227 e. The highest BCUT2D eigenvalue weighted by Gasteiger charge is 2.22. The highest BCUT2D eigenvalue weighted by atomic mass is 35.5. The summed E-state index contributed by atoms with van der Waals surface area (Å²) in [7, 11) is 0. The summed E-state index contributed by atoms with van der Waals surface area (Å²) in [4.78, 5) is 17.0. The molecule has 146 valence electrons. The summed E-state index contributed by atoms with van der Waals surface area (Å²) in [6, 6.07) is 17.1. The number of rotatable bonds is 6. The van der Waals surface area contributed by atoms with Crippen molar-refractivity contribution >= 4 is 17.5 Å². The van der Waals surface area contributed by atoms with Crippen molar-refractivity contribution in [1.82, 2.24) is 15.5 Å².